The van der Waals surface area contributed by atoms with Crippen LogP contribution in [0.15, 0.2) is 24.3 Å². The van der Waals surface area contributed by atoms with E-state index in [1.54, 1.807) is 0 Å². The van der Waals surface area contributed by atoms with Gasteiger partial charge in [0.1, 0.15) is 12.4 Å². The van der Waals surface area contributed by atoms with Crippen molar-refractivity contribution in [3.05, 3.63) is 24.3 Å². The molecule has 0 spiro atoms. The van der Waals surface area contributed by atoms with Crippen LogP contribution in [0.25, 0.3) is 0 Å². The average Bonchev–Trinajstić information content (AvgIpc) is 3.31. The SMILES string of the molecule is O=C(Nc1cccc(OC[C@@H]2CCCO2)c1)N1CCO[C@@H]2CCC[C@H]21. The van der Waals surface area contributed by atoms with Crippen molar-refractivity contribution in [1.29, 1.82) is 0 Å². The van der Waals surface area contributed by atoms with Crippen molar-refractivity contribution in [3.8, 4) is 5.75 Å². The van der Waals surface area contributed by atoms with Gasteiger partial charge in [-0.15, -0.1) is 0 Å². The standard InChI is InChI=1S/C19H26N2O4/c22-19(21-9-11-24-18-8-2-7-17(18)21)20-14-4-1-5-15(12-14)25-13-16-6-3-10-23-16/h1,4-5,12,16-18H,2-3,6-11,13H2,(H,20,22)/t16-,17+,18+/m0/s1. The molecule has 25 heavy (non-hydrogen) atoms. The zero-order chi connectivity index (χ0) is 17.1. The second kappa shape index (κ2) is 7.62. The number of nitrogens with one attached hydrogen (secondary N) is 1. The molecule has 0 unspecified atom stereocenters. The summed E-state index contributed by atoms with van der Waals surface area (Å²) in [5.74, 6) is 0.758. The van der Waals surface area contributed by atoms with Crippen LogP contribution in [0.5, 0.6) is 5.75 Å². The van der Waals surface area contributed by atoms with E-state index in [4.69, 9.17) is 14.2 Å². The largest absolute Gasteiger partial charge is 0.491 e. The molecular formula is C19H26N2O4. The number of fused-ring (bicyclic) bond motifs is 1. The number of ether oxygens (including phenoxy) is 3. The Kier molecular flexibility index (Phi) is 5.08. The first-order valence-corrected chi connectivity index (χ1v) is 9.33. The molecule has 2 aliphatic heterocycles. The first-order valence-electron chi connectivity index (χ1n) is 9.33. The van der Waals surface area contributed by atoms with Gasteiger partial charge < -0.3 is 24.4 Å². The quantitative estimate of drug-likeness (QED) is 0.910. The third-order valence-electron chi connectivity index (χ3n) is 5.29. The van der Waals surface area contributed by atoms with E-state index in [0.29, 0.717) is 19.8 Å². The minimum Gasteiger partial charge on any atom is -0.491 e. The lowest BCUT2D eigenvalue weighted by molar-refractivity contribution is -0.0362. The minimum absolute atomic E-state index is 0.0449. The number of hydrogen-bond donors (Lipinski definition) is 1. The molecular weight excluding hydrogens is 320 g/mol. The highest BCUT2D eigenvalue weighted by molar-refractivity contribution is 5.89. The van der Waals surface area contributed by atoms with Gasteiger partial charge in [-0.3, -0.25) is 0 Å². The maximum Gasteiger partial charge on any atom is 0.322 e. The molecule has 2 amide bonds. The molecule has 1 saturated carbocycles. The van der Waals surface area contributed by atoms with Crippen molar-refractivity contribution >= 4 is 11.7 Å². The number of carbonyl (C=O) groups is 1. The number of nitrogens with zero attached hydrogens (tertiary/aromatic N) is 1. The Morgan fingerprint density at radius 1 is 1.20 bits per heavy atom. The molecule has 3 fully saturated rings. The van der Waals surface area contributed by atoms with Crippen LogP contribution in [0.4, 0.5) is 10.5 Å². The van der Waals surface area contributed by atoms with Crippen molar-refractivity contribution in [2.45, 2.75) is 50.4 Å². The third-order valence-corrected chi connectivity index (χ3v) is 5.29. The van der Waals surface area contributed by atoms with Gasteiger partial charge in [-0.05, 0) is 44.2 Å². The average molecular weight is 346 g/mol. The summed E-state index contributed by atoms with van der Waals surface area (Å²) in [6.45, 7) is 2.66. The summed E-state index contributed by atoms with van der Waals surface area (Å²) in [6.07, 6.45) is 5.77. The zero-order valence-electron chi connectivity index (χ0n) is 14.5. The van der Waals surface area contributed by atoms with Crippen LogP contribution in [0.2, 0.25) is 0 Å². The van der Waals surface area contributed by atoms with Crippen molar-refractivity contribution in [2.24, 2.45) is 0 Å². The molecule has 1 aromatic carbocycles. The number of amides is 2. The monoisotopic (exact) mass is 346 g/mol. The van der Waals surface area contributed by atoms with Gasteiger partial charge in [0.2, 0.25) is 0 Å². The van der Waals surface area contributed by atoms with Crippen LogP contribution >= 0.6 is 0 Å². The van der Waals surface area contributed by atoms with Crippen LogP contribution in [-0.4, -0.2) is 55.5 Å². The van der Waals surface area contributed by atoms with Crippen LogP contribution in [0.3, 0.4) is 0 Å². The summed E-state index contributed by atoms with van der Waals surface area (Å²) in [7, 11) is 0. The van der Waals surface area contributed by atoms with Crippen molar-refractivity contribution < 1.29 is 19.0 Å². The van der Waals surface area contributed by atoms with Gasteiger partial charge in [-0.25, -0.2) is 4.79 Å². The van der Waals surface area contributed by atoms with E-state index >= 15 is 0 Å². The smallest absolute Gasteiger partial charge is 0.322 e. The molecule has 1 aliphatic carbocycles. The van der Waals surface area contributed by atoms with Gasteiger partial charge in [0.15, 0.2) is 0 Å². The Bertz CT molecular complexity index is 603. The molecule has 2 heterocycles. The van der Waals surface area contributed by atoms with Crippen LogP contribution in [-0.2, 0) is 9.47 Å². The fourth-order valence-electron chi connectivity index (χ4n) is 4.00. The van der Waals surface area contributed by atoms with E-state index in [1.165, 1.54) is 0 Å². The second-order valence-corrected chi connectivity index (χ2v) is 7.00. The fourth-order valence-corrected chi connectivity index (χ4v) is 4.00. The second-order valence-electron chi connectivity index (χ2n) is 7.00. The van der Waals surface area contributed by atoms with E-state index < -0.39 is 0 Å². The Balaban J connectivity index is 1.35. The van der Waals surface area contributed by atoms with Gasteiger partial charge in [0.25, 0.3) is 0 Å². The molecule has 2 saturated heterocycles. The Morgan fingerprint density at radius 3 is 3.04 bits per heavy atom. The predicted molar refractivity (Wildman–Crippen MR) is 94.0 cm³/mol. The topological polar surface area (TPSA) is 60.0 Å². The highest BCUT2D eigenvalue weighted by Crippen LogP contribution is 2.30. The first-order chi connectivity index (χ1) is 12.3. The molecule has 0 aromatic heterocycles. The number of anilines is 1. The predicted octanol–water partition coefficient (Wildman–Crippen LogP) is 3.03. The summed E-state index contributed by atoms with van der Waals surface area (Å²) in [6, 6.07) is 7.75. The number of urea groups is 1. The number of carbonyl (C=O) groups excluding carboxylic acids is 1. The normalized spacial score (nSPS) is 28.6. The molecule has 0 bridgehead atoms. The summed E-state index contributed by atoms with van der Waals surface area (Å²) < 4.78 is 17.2. The van der Waals surface area contributed by atoms with Crippen LogP contribution in [0, 0.1) is 0 Å². The fraction of sp³-hybridized carbons (Fsp3) is 0.632. The van der Waals surface area contributed by atoms with Gasteiger partial charge >= 0.3 is 6.03 Å². The van der Waals surface area contributed by atoms with Crippen molar-refractivity contribution in [1.82, 2.24) is 4.90 Å². The lowest BCUT2D eigenvalue weighted by atomic mass is 10.1. The van der Waals surface area contributed by atoms with Crippen molar-refractivity contribution in [2.75, 3.05) is 31.7 Å². The molecule has 136 valence electrons. The summed E-state index contributed by atoms with van der Waals surface area (Å²) in [5, 5.41) is 3.01. The third kappa shape index (κ3) is 3.90. The molecule has 1 aromatic rings. The summed E-state index contributed by atoms with van der Waals surface area (Å²) >= 11 is 0. The van der Waals surface area contributed by atoms with Gasteiger partial charge in [-0.2, -0.15) is 0 Å². The molecule has 6 nitrogen and oxygen atoms in total. The molecule has 0 radical (unpaired) electrons. The van der Waals surface area contributed by atoms with Crippen LogP contribution < -0.4 is 10.1 Å². The van der Waals surface area contributed by atoms with E-state index in [1.807, 2.05) is 29.2 Å². The number of rotatable bonds is 4. The lowest BCUT2D eigenvalue weighted by Gasteiger charge is -2.37. The van der Waals surface area contributed by atoms with Crippen molar-refractivity contribution in [3.63, 3.8) is 0 Å². The highest BCUT2D eigenvalue weighted by Gasteiger charge is 2.38. The molecule has 3 aliphatic rings. The first kappa shape index (κ1) is 16.7. The number of benzene rings is 1. The minimum atomic E-state index is -0.0449. The van der Waals surface area contributed by atoms with E-state index in [2.05, 4.69) is 5.32 Å². The van der Waals surface area contributed by atoms with Gasteiger partial charge in [0.05, 0.1) is 24.9 Å². The van der Waals surface area contributed by atoms with E-state index in [9.17, 15) is 4.79 Å². The number of morpholine rings is 1. The maximum absolute atomic E-state index is 12.7. The zero-order valence-corrected chi connectivity index (χ0v) is 14.5. The molecule has 6 heteroatoms. The van der Waals surface area contributed by atoms with Crippen LogP contribution in [0.1, 0.15) is 32.1 Å². The summed E-state index contributed by atoms with van der Waals surface area (Å²) in [5.41, 5.74) is 0.760. The molecule has 3 atom stereocenters. The molecule has 1 N–H and O–H groups in total. The number of hydrogen-bond acceptors (Lipinski definition) is 4. The summed E-state index contributed by atoms with van der Waals surface area (Å²) in [4.78, 5) is 14.6. The lowest BCUT2D eigenvalue weighted by Crippen LogP contribution is -2.52. The Labute approximate surface area is 148 Å². The Hall–Kier alpha value is -1.79. The van der Waals surface area contributed by atoms with E-state index in [0.717, 1.165) is 50.1 Å². The molecule has 4 rings (SSSR count). The Morgan fingerprint density at radius 2 is 2.16 bits per heavy atom. The highest BCUT2D eigenvalue weighted by atomic mass is 16.5. The van der Waals surface area contributed by atoms with E-state index in [-0.39, 0.29) is 24.3 Å². The van der Waals surface area contributed by atoms with Gasteiger partial charge in [0, 0.05) is 24.9 Å². The van der Waals surface area contributed by atoms with Gasteiger partial charge in [-0.1, -0.05) is 6.07 Å². The maximum atomic E-state index is 12.7.